The van der Waals surface area contributed by atoms with Crippen molar-refractivity contribution in [2.24, 2.45) is 0 Å². The Morgan fingerprint density at radius 2 is 1.88 bits per heavy atom. The van der Waals surface area contributed by atoms with Crippen molar-refractivity contribution in [1.82, 2.24) is 5.32 Å². The van der Waals surface area contributed by atoms with E-state index in [1.165, 1.54) is 0 Å². The van der Waals surface area contributed by atoms with E-state index < -0.39 is 0 Å². The first-order valence-corrected chi connectivity index (χ1v) is 8.60. The number of amides is 2. The van der Waals surface area contributed by atoms with Crippen LogP contribution in [0.5, 0.6) is 11.5 Å². The van der Waals surface area contributed by atoms with Crippen LogP contribution >= 0.6 is 11.6 Å². The van der Waals surface area contributed by atoms with E-state index in [9.17, 15) is 9.59 Å². The Balaban J connectivity index is 1.43. The van der Waals surface area contributed by atoms with Crippen LogP contribution in [0, 0.1) is 6.92 Å². The number of carbonyl (C=O) groups is 2. The lowest BCUT2D eigenvalue weighted by molar-refractivity contribution is -0.124. The van der Waals surface area contributed by atoms with Gasteiger partial charge in [0, 0.05) is 6.42 Å². The van der Waals surface area contributed by atoms with Crippen LogP contribution in [0.4, 0.5) is 5.69 Å². The summed E-state index contributed by atoms with van der Waals surface area (Å²) in [4.78, 5) is 23.9. The van der Waals surface area contributed by atoms with Gasteiger partial charge in [-0.15, -0.1) is 0 Å². The molecule has 3 rings (SSSR count). The van der Waals surface area contributed by atoms with Gasteiger partial charge in [0.25, 0.3) is 0 Å². The van der Waals surface area contributed by atoms with Gasteiger partial charge in [-0.1, -0.05) is 23.7 Å². The Kier molecular flexibility index (Phi) is 5.63. The molecule has 7 heteroatoms. The minimum atomic E-state index is -0.327. The largest absolute Gasteiger partial charge is 0.454 e. The fourth-order valence-corrected chi connectivity index (χ4v) is 2.82. The molecular weight excluding hydrogens is 356 g/mol. The Labute approximate surface area is 156 Å². The number of aryl methyl sites for hydroxylation is 2. The lowest BCUT2D eigenvalue weighted by Gasteiger charge is -2.09. The zero-order chi connectivity index (χ0) is 18.5. The lowest BCUT2D eigenvalue weighted by Crippen LogP contribution is -2.33. The lowest BCUT2D eigenvalue weighted by atomic mass is 10.1. The van der Waals surface area contributed by atoms with Crippen molar-refractivity contribution in [2.75, 3.05) is 18.7 Å². The molecule has 0 fully saturated rings. The number of halogens is 1. The van der Waals surface area contributed by atoms with Gasteiger partial charge in [-0.05, 0) is 48.7 Å². The van der Waals surface area contributed by atoms with Crippen LogP contribution in [0.3, 0.4) is 0 Å². The SMILES string of the molecule is Cc1ccc(NC(=O)CNC(=O)CCc2ccc3c(c2)OCO3)c(Cl)c1. The number of fused-ring (bicyclic) bond motifs is 1. The van der Waals surface area contributed by atoms with E-state index in [1.54, 1.807) is 12.1 Å². The van der Waals surface area contributed by atoms with Crippen LogP contribution < -0.4 is 20.1 Å². The number of ether oxygens (including phenoxy) is 2. The number of rotatable bonds is 6. The summed E-state index contributed by atoms with van der Waals surface area (Å²) in [6.07, 6.45) is 0.825. The van der Waals surface area contributed by atoms with Crippen molar-refractivity contribution >= 4 is 29.1 Å². The van der Waals surface area contributed by atoms with E-state index in [0.717, 1.165) is 11.1 Å². The molecule has 2 N–H and O–H groups in total. The standard InChI is InChI=1S/C19H19ClN2O4/c1-12-2-5-15(14(20)8-12)22-19(24)10-21-18(23)7-4-13-3-6-16-17(9-13)26-11-25-16/h2-3,5-6,8-9H,4,7,10-11H2,1H3,(H,21,23)(H,22,24). The third-order valence-corrected chi connectivity index (χ3v) is 4.24. The van der Waals surface area contributed by atoms with Gasteiger partial charge in [0.1, 0.15) is 0 Å². The Morgan fingerprint density at radius 3 is 2.69 bits per heavy atom. The molecule has 0 aromatic heterocycles. The first kappa shape index (κ1) is 18.1. The minimum absolute atomic E-state index is 0.107. The molecule has 2 amide bonds. The molecule has 0 unspecified atom stereocenters. The zero-order valence-electron chi connectivity index (χ0n) is 14.3. The second-order valence-electron chi connectivity index (χ2n) is 6.00. The highest BCUT2D eigenvalue weighted by Crippen LogP contribution is 2.32. The maximum absolute atomic E-state index is 11.9. The topological polar surface area (TPSA) is 76.7 Å². The predicted molar refractivity (Wildman–Crippen MR) is 98.7 cm³/mol. The van der Waals surface area contributed by atoms with Gasteiger partial charge in [0.15, 0.2) is 11.5 Å². The van der Waals surface area contributed by atoms with Gasteiger partial charge in [-0.3, -0.25) is 9.59 Å². The average molecular weight is 375 g/mol. The number of anilines is 1. The fourth-order valence-electron chi connectivity index (χ4n) is 2.54. The van der Waals surface area contributed by atoms with Crippen molar-refractivity contribution in [2.45, 2.75) is 19.8 Å². The highest BCUT2D eigenvalue weighted by Gasteiger charge is 2.14. The van der Waals surface area contributed by atoms with Crippen LogP contribution in [0.1, 0.15) is 17.5 Å². The summed E-state index contributed by atoms with van der Waals surface area (Å²) in [6, 6.07) is 10.9. The van der Waals surface area contributed by atoms with E-state index in [4.69, 9.17) is 21.1 Å². The normalized spacial score (nSPS) is 11.9. The maximum Gasteiger partial charge on any atom is 0.243 e. The van der Waals surface area contributed by atoms with Crippen LogP contribution in [-0.2, 0) is 16.0 Å². The summed E-state index contributed by atoms with van der Waals surface area (Å²) in [7, 11) is 0. The molecule has 6 nitrogen and oxygen atoms in total. The highest BCUT2D eigenvalue weighted by molar-refractivity contribution is 6.33. The molecule has 0 spiro atoms. The van der Waals surface area contributed by atoms with E-state index in [2.05, 4.69) is 10.6 Å². The van der Waals surface area contributed by atoms with Crippen molar-refractivity contribution in [3.8, 4) is 11.5 Å². The van der Waals surface area contributed by atoms with E-state index >= 15 is 0 Å². The zero-order valence-corrected chi connectivity index (χ0v) is 15.1. The van der Waals surface area contributed by atoms with Gasteiger partial charge >= 0.3 is 0 Å². The minimum Gasteiger partial charge on any atom is -0.454 e. The van der Waals surface area contributed by atoms with Gasteiger partial charge in [-0.2, -0.15) is 0 Å². The summed E-state index contributed by atoms with van der Waals surface area (Å²) in [5, 5.41) is 5.75. The van der Waals surface area contributed by atoms with Gasteiger partial charge in [0.2, 0.25) is 18.6 Å². The van der Waals surface area contributed by atoms with Crippen molar-refractivity contribution in [1.29, 1.82) is 0 Å². The van der Waals surface area contributed by atoms with Gasteiger partial charge in [-0.25, -0.2) is 0 Å². The summed E-state index contributed by atoms with van der Waals surface area (Å²) in [5.74, 6) is 0.877. The molecule has 2 aromatic rings. The van der Waals surface area contributed by atoms with E-state index in [1.807, 2.05) is 31.2 Å². The fraction of sp³-hybridized carbons (Fsp3) is 0.263. The summed E-state index contributed by atoms with van der Waals surface area (Å²) >= 11 is 6.07. The monoisotopic (exact) mass is 374 g/mol. The first-order valence-electron chi connectivity index (χ1n) is 8.22. The molecule has 26 heavy (non-hydrogen) atoms. The first-order chi connectivity index (χ1) is 12.5. The van der Waals surface area contributed by atoms with Crippen LogP contribution in [0.25, 0.3) is 0 Å². The number of nitrogens with one attached hydrogen (secondary N) is 2. The number of hydrogen-bond acceptors (Lipinski definition) is 4. The molecule has 0 saturated heterocycles. The second kappa shape index (κ2) is 8.10. The molecule has 136 valence electrons. The number of hydrogen-bond donors (Lipinski definition) is 2. The highest BCUT2D eigenvalue weighted by atomic mass is 35.5. The molecule has 0 aliphatic carbocycles. The molecule has 1 aliphatic heterocycles. The molecule has 0 bridgehead atoms. The molecule has 1 heterocycles. The maximum atomic E-state index is 11.9. The Bertz CT molecular complexity index is 838. The molecular formula is C19H19ClN2O4. The summed E-state index contributed by atoms with van der Waals surface area (Å²) in [6.45, 7) is 2.03. The van der Waals surface area contributed by atoms with Crippen LogP contribution in [0.2, 0.25) is 5.02 Å². The molecule has 0 radical (unpaired) electrons. The molecule has 0 atom stereocenters. The number of carbonyl (C=O) groups excluding carboxylic acids is 2. The van der Waals surface area contributed by atoms with Gasteiger partial charge in [0.05, 0.1) is 17.3 Å². The van der Waals surface area contributed by atoms with Crippen LogP contribution in [0.15, 0.2) is 36.4 Å². The van der Waals surface area contributed by atoms with Crippen molar-refractivity contribution in [3.05, 3.63) is 52.5 Å². The van der Waals surface area contributed by atoms with Gasteiger partial charge < -0.3 is 20.1 Å². The van der Waals surface area contributed by atoms with Crippen LogP contribution in [-0.4, -0.2) is 25.2 Å². The summed E-state index contributed by atoms with van der Waals surface area (Å²) in [5.41, 5.74) is 2.50. The van der Waals surface area contributed by atoms with E-state index in [-0.39, 0.29) is 31.6 Å². The molecule has 2 aromatic carbocycles. The average Bonchev–Trinajstić information content (AvgIpc) is 3.08. The third-order valence-electron chi connectivity index (χ3n) is 3.92. The third kappa shape index (κ3) is 4.67. The second-order valence-corrected chi connectivity index (χ2v) is 6.40. The summed E-state index contributed by atoms with van der Waals surface area (Å²) < 4.78 is 10.6. The van der Waals surface area contributed by atoms with E-state index in [0.29, 0.717) is 28.6 Å². The van der Waals surface area contributed by atoms with Crippen molar-refractivity contribution < 1.29 is 19.1 Å². The molecule has 0 saturated carbocycles. The Hall–Kier alpha value is -2.73. The molecule has 1 aliphatic rings. The Morgan fingerprint density at radius 1 is 1.08 bits per heavy atom. The van der Waals surface area contributed by atoms with Crippen molar-refractivity contribution in [3.63, 3.8) is 0 Å². The number of benzene rings is 2. The smallest absolute Gasteiger partial charge is 0.243 e. The quantitative estimate of drug-likeness (QED) is 0.814. The predicted octanol–water partition coefficient (Wildman–Crippen LogP) is 3.06.